The SMILES string of the molecule is O=C1c2ccccc2C(=O)c2c(Nc3nnnc(Nc4cccc5c4C(=O)c4ccccc4C5=O)c3Nc3ccccn3)cccc21. The van der Waals surface area contributed by atoms with E-state index in [1.54, 1.807) is 109 Å². The quantitative estimate of drug-likeness (QED) is 0.200. The van der Waals surface area contributed by atoms with Crippen LogP contribution < -0.4 is 16.0 Å². The molecule has 11 nitrogen and oxygen atoms in total. The van der Waals surface area contributed by atoms with Crippen LogP contribution in [0.25, 0.3) is 0 Å². The van der Waals surface area contributed by atoms with Crippen molar-refractivity contribution in [3.05, 3.63) is 154 Å². The van der Waals surface area contributed by atoms with Gasteiger partial charge in [0, 0.05) is 39.6 Å². The second-order valence-corrected chi connectivity index (χ2v) is 10.8. The van der Waals surface area contributed by atoms with E-state index in [1.165, 1.54) is 0 Å². The second-order valence-electron chi connectivity index (χ2n) is 10.8. The van der Waals surface area contributed by atoms with Crippen LogP contribution in [0.5, 0.6) is 0 Å². The van der Waals surface area contributed by atoms with E-state index >= 15 is 0 Å². The number of aromatic nitrogens is 4. The number of fused-ring (bicyclic) bond motifs is 4. The molecule has 8 rings (SSSR count). The summed E-state index contributed by atoms with van der Waals surface area (Å²) >= 11 is 0. The average Bonchev–Trinajstić information content (AvgIpc) is 3.11. The molecule has 2 aliphatic rings. The maximum atomic E-state index is 13.7. The molecule has 0 saturated heterocycles. The molecular weight excluding hydrogens is 594 g/mol. The Kier molecular flexibility index (Phi) is 6.43. The summed E-state index contributed by atoms with van der Waals surface area (Å²) in [4.78, 5) is 58.5. The molecular formula is C36H21N7O4. The molecule has 2 heterocycles. The summed E-state index contributed by atoms with van der Waals surface area (Å²) in [5.41, 5.74) is 3.18. The van der Waals surface area contributed by atoms with Gasteiger partial charge in [-0.1, -0.05) is 78.9 Å². The summed E-state index contributed by atoms with van der Waals surface area (Å²) in [6.07, 6.45) is 1.61. The molecule has 4 aromatic carbocycles. The number of benzene rings is 4. The van der Waals surface area contributed by atoms with Gasteiger partial charge in [0.25, 0.3) is 0 Å². The molecule has 0 amide bonds. The smallest absolute Gasteiger partial charge is 0.196 e. The van der Waals surface area contributed by atoms with Gasteiger partial charge < -0.3 is 16.0 Å². The molecule has 0 radical (unpaired) electrons. The summed E-state index contributed by atoms with van der Waals surface area (Å²) < 4.78 is 0. The Balaban J connectivity index is 1.23. The van der Waals surface area contributed by atoms with Crippen LogP contribution in [-0.2, 0) is 0 Å². The number of rotatable bonds is 6. The van der Waals surface area contributed by atoms with Gasteiger partial charge in [-0.05, 0) is 29.5 Å². The maximum Gasteiger partial charge on any atom is 0.196 e. The molecule has 11 heteroatoms. The van der Waals surface area contributed by atoms with E-state index in [2.05, 4.69) is 36.3 Å². The zero-order valence-corrected chi connectivity index (χ0v) is 24.3. The molecule has 0 spiro atoms. The number of carbonyl (C=O) groups is 4. The summed E-state index contributed by atoms with van der Waals surface area (Å²) in [6.45, 7) is 0. The molecule has 47 heavy (non-hydrogen) atoms. The lowest BCUT2D eigenvalue weighted by molar-refractivity contribution is 0.0979. The fraction of sp³-hybridized carbons (Fsp3) is 0. The monoisotopic (exact) mass is 615 g/mol. The molecule has 2 aromatic heterocycles. The fourth-order valence-corrected chi connectivity index (χ4v) is 5.94. The van der Waals surface area contributed by atoms with Gasteiger partial charge >= 0.3 is 0 Å². The van der Waals surface area contributed by atoms with E-state index in [4.69, 9.17) is 0 Å². The van der Waals surface area contributed by atoms with E-state index in [9.17, 15) is 19.2 Å². The lowest BCUT2D eigenvalue weighted by Gasteiger charge is -2.22. The van der Waals surface area contributed by atoms with Gasteiger partial charge in [-0.2, -0.15) is 0 Å². The van der Waals surface area contributed by atoms with Gasteiger partial charge in [-0.15, -0.1) is 10.2 Å². The highest BCUT2D eigenvalue weighted by molar-refractivity contribution is 6.31. The third kappa shape index (κ3) is 4.53. The van der Waals surface area contributed by atoms with Gasteiger partial charge in [0.05, 0.1) is 22.5 Å². The van der Waals surface area contributed by atoms with Crippen LogP contribution >= 0.6 is 0 Å². The molecule has 6 aromatic rings. The predicted octanol–water partition coefficient (Wildman–Crippen LogP) is 6.05. The number of hydrogen-bond acceptors (Lipinski definition) is 11. The average molecular weight is 616 g/mol. The molecule has 0 unspecified atom stereocenters. The molecule has 0 fully saturated rings. The van der Waals surface area contributed by atoms with Crippen molar-refractivity contribution in [3.8, 4) is 0 Å². The van der Waals surface area contributed by atoms with Crippen molar-refractivity contribution < 1.29 is 19.2 Å². The minimum atomic E-state index is -0.308. The van der Waals surface area contributed by atoms with E-state index in [0.29, 0.717) is 39.4 Å². The van der Waals surface area contributed by atoms with Crippen molar-refractivity contribution in [2.75, 3.05) is 16.0 Å². The molecule has 0 atom stereocenters. The van der Waals surface area contributed by atoms with Gasteiger partial charge in [-0.3, -0.25) is 19.2 Å². The van der Waals surface area contributed by atoms with E-state index in [0.717, 1.165) is 0 Å². The van der Waals surface area contributed by atoms with Crippen molar-refractivity contribution in [1.29, 1.82) is 0 Å². The zero-order chi connectivity index (χ0) is 32.1. The summed E-state index contributed by atoms with van der Waals surface area (Å²) in [5.74, 6) is -0.392. The van der Waals surface area contributed by atoms with Crippen LogP contribution in [0.2, 0.25) is 0 Å². The highest BCUT2D eigenvalue weighted by Gasteiger charge is 2.33. The highest BCUT2D eigenvalue weighted by Crippen LogP contribution is 2.39. The first kappa shape index (κ1) is 27.7. The van der Waals surface area contributed by atoms with Crippen LogP contribution in [0.15, 0.2) is 109 Å². The first-order valence-corrected chi connectivity index (χ1v) is 14.6. The second kappa shape index (κ2) is 10.9. The number of nitrogens with zero attached hydrogens (tertiary/aromatic N) is 4. The molecule has 0 aliphatic heterocycles. The number of ketones is 4. The Morgan fingerprint density at radius 2 is 0.872 bits per heavy atom. The number of carbonyl (C=O) groups excluding carboxylic acids is 4. The number of anilines is 6. The summed E-state index contributed by atoms with van der Waals surface area (Å²) in [7, 11) is 0. The van der Waals surface area contributed by atoms with Crippen LogP contribution in [0.1, 0.15) is 63.7 Å². The lowest BCUT2D eigenvalue weighted by atomic mass is 9.83. The van der Waals surface area contributed by atoms with Crippen molar-refractivity contribution in [3.63, 3.8) is 0 Å². The van der Waals surface area contributed by atoms with Crippen molar-refractivity contribution in [2.24, 2.45) is 0 Å². The van der Waals surface area contributed by atoms with Gasteiger partial charge in [0.2, 0.25) is 0 Å². The Morgan fingerprint density at radius 3 is 1.34 bits per heavy atom. The van der Waals surface area contributed by atoms with E-state index in [-0.39, 0.29) is 62.7 Å². The molecule has 0 bridgehead atoms. The van der Waals surface area contributed by atoms with Crippen molar-refractivity contribution >= 4 is 57.6 Å². The van der Waals surface area contributed by atoms with Crippen molar-refractivity contribution in [2.45, 2.75) is 0 Å². The Bertz CT molecular complexity index is 2180. The Labute approximate surface area is 266 Å². The zero-order valence-electron chi connectivity index (χ0n) is 24.3. The van der Waals surface area contributed by atoms with Crippen LogP contribution in [-0.4, -0.2) is 43.5 Å². The molecule has 2 aliphatic carbocycles. The maximum absolute atomic E-state index is 13.7. The predicted molar refractivity (Wildman–Crippen MR) is 173 cm³/mol. The van der Waals surface area contributed by atoms with E-state index in [1.807, 2.05) is 0 Å². The third-order valence-electron chi connectivity index (χ3n) is 8.09. The largest absolute Gasteiger partial charge is 0.336 e. The van der Waals surface area contributed by atoms with Crippen LogP contribution in [0.3, 0.4) is 0 Å². The fourth-order valence-electron chi connectivity index (χ4n) is 5.94. The summed E-state index contributed by atoms with van der Waals surface area (Å²) in [5, 5.41) is 22.0. The third-order valence-corrected chi connectivity index (χ3v) is 8.09. The van der Waals surface area contributed by atoms with E-state index < -0.39 is 0 Å². The van der Waals surface area contributed by atoms with Gasteiger partial charge in [0.1, 0.15) is 11.5 Å². The first-order chi connectivity index (χ1) is 23.0. The molecule has 0 saturated carbocycles. The van der Waals surface area contributed by atoms with Gasteiger partial charge in [0.15, 0.2) is 34.8 Å². The standard InChI is InChI=1S/C36H21N7O4/c44-31-19-9-1-3-11-21(19)33(46)28-23(31)13-7-15-25(28)38-35-30(40-27-17-5-6-18-37-27)36(42-43-41-35)39-26-16-8-14-24-29(26)34(47)22-12-4-2-10-20(22)32(24)45/h1-18H,(H,37,40,43)(H2,38,39,41,42). The Morgan fingerprint density at radius 1 is 0.426 bits per heavy atom. The summed E-state index contributed by atoms with van der Waals surface area (Å²) in [6, 6.07) is 28.6. The topological polar surface area (TPSA) is 156 Å². The molecule has 3 N–H and O–H groups in total. The normalized spacial score (nSPS) is 12.9. The van der Waals surface area contributed by atoms with Crippen LogP contribution in [0, 0.1) is 0 Å². The minimum absolute atomic E-state index is 0.151. The molecule has 224 valence electrons. The Hall–Kier alpha value is -6.88. The first-order valence-electron chi connectivity index (χ1n) is 14.6. The number of nitrogens with one attached hydrogen (secondary N) is 3. The van der Waals surface area contributed by atoms with Crippen molar-refractivity contribution in [1.82, 2.24) is 20.4 Å². The number of hydrogen-bond donors (Lipinski definition) is 3. The number of pyridine rings is 1. The lowest BCUT2D eigenvalue weighted by Crippen LogP contribution is -2.22. The van der Waals surface area contributed by atoms with Gasteiger partial charge in [-0.25, -0.2) is 4.98 Å². The minimum Gasteiger partial charge on any atom is -0.336 e. The van der Waals surface area contributed by atoms with Crippen LogP contribution in [0.4, 0.5) is 34.5 Å². The highest BCUT2D eigenvalue weighted by atomic mass is 16.1.